The second kappa shape index (κ2) is 7.11. The van der Waals surface area contributed by atoms with Crippen molar-refractivity contribution in [3.63, 3.8) is 0 Å². The standard InChI is InChI=1S/C14H12BrClO3S/c1-18-14(17)13-11(8-12(15)20-13)19-7-6-9-4-2-3-5-10(9)16/h2-5,8H,6-7H2,1H3. The topological polar surface area (TPSA) is 35.5 Å². The number of thiophene rings is 1. The van der Waals surface area contributed by atoms with Gasteiger partial charge in [-0.3, -0.25) is 0 Å². The first-order chi connectivity index (χ1) is 9.61. The quantitative estimate of drug-likeness (QED) is 0.718. The third-order valence-electron chi connectivity index (χ3n) is 2.63. The molecular formula is C14H12BrClO3S. The zero-order valence-corrected chi connectivity index (χ0v) is 13.8. The van der Waals surface area contributed by atoms with Crippen molar-refractivity contribution < 1.29 is 14.3 Å². The second-order valence-electron chi connectivity index (χ2n) is 3.93. The van der Waals surface area contributed by atoms with Crippen LogP contribution in [0.1, 0.15) is 15.2 Å². The van der Waals surface area contributed by atoms with Crippen LogP contribution in [0.3, 0.4) is 0 Å². The van der Waals surface area contributed by atoms with Gasteiger partial charge in [0.15, 0.2) is 4.88 Å². The number of hydrogen-bond acceptors (Lipinski definition) is 4. The molecule has 0 unspecified atom stereocenters. The maximum atomic E-state index is 11.6. The van der Waals surface area contributed by atoms with E-state index in [1.165, 1.54) is 18.4 Å². The summed E-state index contributed by atoms with van der Waals surface area (Å²) in [5.74, 6) is 0.134. The van der Waals surface area contributed by atoms with E-state index in [9.17, 15) is 4.79 Å². The molecule has 2 rings (SSSR count). The Balaban J connectivity index is 2.01. The van der Waals surface area contributed by atoms with Gasteiger partial charge in [0, 0.05) is 17.5 Å². The zero-order valence-electron chi connectivity index (χ0n) is 10.7. The van der Waals surface area contributed by atoms with Crippen molar-refractivity contribution in [2.75, 3.05) is 13.7 Å². The van der Waals surface area contributed by atoms with Gasteiger partial charge in [0.25, 0.3) is 0 Å². The lowest BCUT2D eigenvalue weighted by molar-refractivity contribution is 0.0602. The highest BCUT2D eigenvalue weighted by Gasteiger charge is 2.17. The molecule has 0 saturated carbocycles. The Hall–Kier alpha value is -1.04. The van der Waals surface area contributed by atoms with Crippen LogP contribution < -0.4 is 4.74 Å². The number of hydrogen-bond donors (Lipinski definition) is 0. The van der Waals surface area contributed by atoms with E-state index in [-0.39, 0.29) is 0 Å². The normalized spacial score (nSPS) is 10.3. The smallest absolute Gasteiger partial charge is 0.351 e. The van der Waals surface area contributed by atoms with Crippen LogP contribution in [0.4, 0.5) is 0 Å². The van der Waals surface area contributed by atoms with Crippen molar-refractivity contribution in [2.24, 2.45) is 0 Å². The summed E-state index contributed by atoms with van der Waals surface area (Å²) in [5.41, 5.74) is 1.02. The SMILES string of the molecule is COC(=O)c1sc(Br)cc1OCCc1ccccc1Cl. The third kappa shape index (κ3) is 3.75. The number of carbonyl (C=O) groups excluding carboxylic acids is 1. The van der Waals surface area contributed by atoms with E-state index in [4.69, 9.17) is 21.1 Å². The van der Waals surface area contributed by atoms with Crippen molar-refractivity contribution in [1.29, 1.82) is 0 Å². The number of benzene rings is 1. The van der Waals surface area contributed by atoms with E-state index in [0.717, 1.165) is 14.4 Å². The molecule has 0 fully saturated rings. The van der Waals surface area contributed by atoms with Crippen molar-refractivity contribution in [1.82, 2.24) is 0 Å². The Kier molecular flexibility index (Phi) is 5.46. The van der Waals surface area contributed by atoms with Gasteiger partial charge in [-0.15, -0.1) is 11.3 Å². The summed E-state index contributed by atoms with van der Waals surface area (Å²) in [6, 6.07) is 9.39. The molecule has 0 aliphatic heterocycles. The fourth-order valence-corrected chi connectivity index (χ4v) is 3.33. The molecule has 6 heteroatoms. The molecule has 2 aromatic rings. The van der Waals surface area contributed by atoms with Gasteiger partial charge in [0.2, 0.25) is 0 Å². The van der Waals surface area contributed by atoms with Gasteiger partial charge in [-0.1, -0.05) is 29.8 Å². The summed E-state index contributed by atoms with van der Waals surface area (Å²) in [6.07, 6.45) is 0.674. The number of methoxy groups -OCH3 is 1. The van der Waals surface area contributed by atoms with E-state index in [2.05, 4.69) is 15.9 Å². The van der Waals surface area contributed by atoms with E-state index < -0.39 is 5.97 Å². The molecule has 3 nitrogen and oxygen atoms in total. The Morgan fingerprint density at radius 1 is 1.40 bits per heavy atom. The second-order valence-corrected chi connectivity index (χ2v) is 6.76. The molecule has 0 N–H and O–H groups in total. The molecule has 0 saturated heterocycles. The van der Waals surface area contributed by atoms with Crippen molar-refractivity contribution >= 4 is 44.8 Å². The average molecular weight is 376 g/mol. The summed E-state index contributed by atoms with van der Waals surface area (Å²) in [7, 11) is 1.35. The van der Waals surface area contributed by atoms with Crippen LogP contribution in [-0.2, 0) is 11.2 Å². The highest BCUT2D eigenvalue weighted by molar-refractivity contribution is 9.11. The molecule has 20 heavy (non-hydrogen) atoms. The minimum atomic E-state index is -0.395. The summed E-state index contributed by atoms with van der Waals surface area (Å²) >= 11 is 10.7. The Morgan fingerprint density at radius 3 is 2.85 bits per heavy atom. The van der Waals surface area contributed by atoms with Crippen LogP contribution in [0.2, 0.25) is 5.02 Å². The maximum absolute atomic E-state index is 11.6. The zero-order chi connectivity index (χ0) is 14.5. The van der Waals surface area contributed by atoms with Crippen molar-refractivity contribution in [3.8, 4) is 5.75 Å². The van der Waals surface area contributed by atoms with Crippen molar-refractivity contribution in [3.05, 3.63) is 49.6 Å². The van der Waals surface area contributed by atoms with Gasteiger partial charge < -0.3 is 9.47 Å². The molecule has 1 aromatic heterocycles. The first-order valence-electron chi connectivity index (χ1n) is 5.85. The predicted molar refractivity (Wildman–Crippen MR) is 84.0 cm³/mol. The number of halogens is 2. The lowest BCUT2D eigenvalue weighted by Crippen LogP contribution is -2.05. The average Bonchev–Trinajstić information content (AvgIpc) is 2.81. The molecule has 0 atom stereocenters. The number of rotatable bonds is 5. The molecule has 0 spiro atoms. The number of esters is 1. The molecule has 1 aromatic carbocycles. The summed E-state index contributed by atoms with van der Waals surface area (Å²) < 4.78 is 11.2. The number of carbonyl (C=O) groups is 1. The van der Waals surface area contributed by atoms with Crippen molar-refractivity contribution in [2.45, 2.75) is 6.42 Å². The molecular weight excluding hydrogens is 364 g/mol. The Labute approximate surface area is 134 Å². The van der Waals surface area contributed by atoms with Gasteiger partial charge in [-0.25, -0.2) is 4.79 Å². The highest BCUT2D eigenvalue weighted by Crippen LogP contribution is 2.33. The van der Waals surface area contributed by atoms with Crippen LogP contribution in [0.5, 0.6) is 5.75 Å². The highest BCUT2D eigenvalue weighted by atomic mass is 79.9. The first kappa shape index (κ1) is 15.4. The van der Waals surface area contributed by atoms with Crippen LogP contribution in [0, 0.1) is 0 Å². The molecule has 0 bridgehead atoms. The third-order valence-corrected chi connectivity index (χ3v) is 4.59. The minimum absolute atomic E-state index is 0.395. The van der Waals surface area contributed by atoms with Crippen LogP contribution >= 0.6 is 38.9 Å². The molecule has 1 heterocycles. The molecule has 0 aliphatic rings. The lowest BCUT2D eigenvalue weighted by atomic mass is 10.2. The first-order valence-corrected chi connectivity index (χ1v) is 7.84. The summed E-state index contributed by atoms with van der Waals surface area (Å²) in [6.45, 7) is 0.441. The fraction of sp³-hybridized carbons (Fsp3) is 0.214. The lowest BCUT2D eigenvalue weighted by Gasteiger charge is -2.07. The maximum Gasteiger partial charge on any atom is 0.351 e. The van der Waals surface area contributed by atoms with Crippen LogP contribution in [0.15, 0.2) is 34.1 Å². The fourth-order valence-electron chi connectivity index (χ4n) is 1.66. The van der Waals surface area contributed by atoms with Gasteiger partial charge >= 0.3 is 5.97 Å². The molecule has 0 amide bonds. The summed E-state index contributed by atoms with van der Waals surface area (Å²) in [4.78, 5) is 12.1. The molecule has 0 radical (unpaired) electrons. The van der Waals surface area contributed by atoms with E-state index in [0.29, 0.717) is 23.7 Å². The van der Waals surface area contributed by atoms with E-state index >= 15 is 0 Å². The van der Waals surface area contributed by atoms with Gasteiger partial charge in [0.05, 0.1) is 17.5 Å². The van der Waals surface area contributed by atoms with E-state index in [1.54, 1.807) is 6.07 Å². The minimum Gasteiger partial charge on any atom is -0.491 e. The van der Waals surface area contributed by atoms with Crippen LogP contribution in [-0.4, -0.2) is 19.7 Å². The van der Waals surface area contributed by atoms with Gasteiger partial charge in [0.1, 0.15) is 5.75 Å². The summed E-state index contributed by atoms with van der Waals surface area (Å²) in [5, 5.41) is 0.718. The molecule has 0 aliphatic carbocycles. The largest absolute Gasteiger partial charge is 0.491 e. The molecule has 106 valence electrons. The Bertz CT molecular complexity index is 612. The van der Waals surface area contributed by atoms with Crippen LogP contribution in [0.25, 0.3) is 0 Å². The van der Waals surface area contributed by atoms with Gasteiger partial charge in [-0.05, 0) is 27.6 Å². The number of ether oxygens (including phenoxy) is 2. The van der Waals surface area contributed by atoms with Gasteiger partial charge in [-0.2, -0.15) is 0 Å². The monoisotopic (exact) mass is 374 g/mol. The Morgan fingerprint density at radius 2 is 2.15 bits per heavy atom. The predicted octanol–water partition coefficient (Wildman–Crippen LogP) is 4.57. The van der Waals surface area contributed by atoms with E-state index in [1.807, 2.05) is 24.3 Å².